The molecule has 0 amide bonds. The minimum absolute atomic E-state index is 0.226. The molecule has 1 aliphatic rings. The van der Waals surface area contributed by atoms with Crippen LogP contribution in [0.25, 0.3) is 0 Å². The van der Waals surface area contributed by atoms with Crippen LogP contribution < -0.4 is 10.1 Å². The zero-order valence-corrected chi connectivity index (χ0v) is 11.8. The van der Waals surface area contributed by atoms with E-state index in [1.165, 1.54) is 11.3 Å². The fourth-order valence-electron chi connectivity index (χ4n) is 2.16. The van der Waals surface area contributed by atoms with E-state index < -0.39 is 0 Å². The molecule has 5 nitrogen and oxygen atoms in total. The normalized spacial score (nSPS) is 24.1. The van der Waals surface area contributed by atoms with E-state index in [0.717, 1.165) is 43.8 Å². The number of aromatic nitrogens is 2. The lowest BCUT2D eigenvalue weighted by atomic mass is 9.95. The summed E-state index contributed by atoms with van der Waals surface area (Å²) >= 11 is 1.53. The fourth-order valence-corrected chi connectivity index (χ4v) is 2.88. The van der Waals surface area contributed by atoms with Gasteiger partial charge in [0, 0.05) is 20.1 Å². The smallest absolute Gasteiger partial charge is 0.294 e. The van der Waals surface area contributed by atoms with Crippen molar-refractivity contribution in [1.29, 1.82) is 0 Å². The first-order valence-electron chi connectivity index (χ1n) is 6.54. The predicted molar refractivity (Wildman–Crippen MR) is 71.0 cm³/mol. The largest absolute Gasteiger partial charge is 0.466 e. The highest BCUT2D eigenvalue weighted by Gasteiger charge is 2.24. The summed E-state index contributed by atoms with van der Waals surface area (Å²) in [4.78, 5) is 0. The molecule has 1 heterocycles. The van der Waals surface area contributed by atoms with Crippen LogP contribution in [0.4, 0.5) is 0 Å². The average molecular weight is 271 g/mol. The quantitative estimate of drug-likeness (QED) is 0.857. The minimum atomic E-state index is 0.226. The van der Waals surface area contributed by atoms with E-state index in [1.807, 2.05) is 0 Å². The molecule has 0 aromatic carbocycles. The van der Waals surface area contributed by atoms with Crippen molar-refractivity contribution in [1.82, 2.24) is 15.5 Å². The van der Waals surface area contributed by atoms with E-state index >= 15 is 0 Å². The van der Waals surface area contributed by atoms with Crippen LogP contribution in [0.15, 0.2) is 0 Å². The number of hydrogen-bond donors (Lipinski definition) is 1. The zero-order chi connectivity index (χ0) is 12.8. The standard InChI is InChI=1S/C12H21N3O2S/c1-3-13-8-11-14-15-12(18-11)17-10-6-4-5-9(7-10)16-2/h9-10,13H,3-8H2,1-2H3. The molecule has 18 heavy (non-hydrogen) atoms. The molecule has 0 bridgehead atoms. The Morgan fingerprint density at radius 1 is 1.33 bits per heavy atom. The predicted octanol–water partition coefficient (Wildman–Crippen LogP) is 1.98. The van der Waals surface area contributed by atoms with Crippen molar-refractivity contribution in [2.24, 2.45) is 0 Å². The van der Waals surface area contributed by atoms with Gasteiger partial charge in [-0.2, -0.15) is 0 Å². The first kappa shape index (κ1) is 13.7. The van der Waals surface area contributed by atoms with Crippen LogP contribution in [0.5, 0.6) is 5.19 Å². The number of rotatable bonds is 6. The van der Waals surface area contributed by atoms with Gasteiger partial charge < -0.3 is 14.8 Å². The highest BCUT2D eigenvalue weighted by molar-refractivity contribution is 7.13. The zero-order valence-electron chi connectivity index (χ0n) is 11.0. The van der Waals surface area contributed by atoms with Gasteiger partial charge in [-0.15, -0.1) is 5.10 Å². The number of methoxy groups -OCH3 is 1. The molecule has 0 saturated heterocycles. The van der Waals surface area contributed by atoms with Gasteiger partial charge in [0.2, 0.25) is 0 Å². The Kier molecular flexibility index (Phi) is 5.34. The number of nitrogens with one attached hydrogen (secondary N) is 1. The van der Waals surface area contributed by atoms with Crippen molar-refractivity contribution in [3.8, 4) is 5.19 Å². The molecule has 2 rings (SSSR count). The van der Waals surface area contributed by atoms with Gasteiger partial charge in [0.1, 0.15) is 11.1 Å². The maximum atomic E-state index is 5.89. The van der Waals surface area contributed by atoms with Gasteiger partial charge in [-0.25, -0.2) is 0 Å². The highest BCUT2D eigenvalue weighted by Crippen LogP contribution is 2.26. The third kappa shape index (κ3) is 3.90. The van der Waals surface area contributed by atoms with E-state index in [9.17, 15) is 0 Å². The second-order valence-corrected chi connectivity index (χ2v) is 5.53. The first-order valence-corrected chi connectivity index (χ1v) is 7.36. The van der Waals surface area contributed by atoms with Crippen LogP contribution in [0.2, 0.25) is 0 Å². The van der Waals surface area contributed by atoms with E-state index in [4.69, 9.17) is 9.47 Å². The Balaban J connectivity index is 1.83. The average Bonchev–Trinajstić information content (AvgIpc) is 2.84. The summed E-state index contributed by atoms with van der Waals surface area (Å²) < 4.78 is 11.3. The van der Waals surface area contributed by atoms with Crippen molar-refractivity contribution in [2.45, 2.75) is 51.4 Å². The maximum absolute atomic E-state index is 5.89. The Hall–Kier alpha value is -0.720. The molecule has 102 valence electrons. The SMILES string of the molecule is CCNCc1nnc(OC2CCCC(OC)C2)s1. The Morgan fingerprint density at radius 3 is 2.94 bits per heavy atom. The van der Waals surface area contributed by atoms with Crippen LogP contribution in [0.3, 0.4) is 0 Å². The Morgan fingerprint density at radius 2 is 2.17 bits per heavy atom. The van der Waals surface area contributed by atoms with E-state index in [-0.39, 0.29) is 6.10 Å². The van der Waals surface area contributed by atoms with Crippen molar-refractivity contribution in [2.75, 3.05) is 13.7 Å². The molecule has 0 spiro atoms. The topological polar surface area (TPSA) is 56.3 Å². The van der Waals surface area contributed by atoms with Crippen molar-refractivity contribution in [3.05, 3.63) is 5.01 Å². The van der Waals surface area contributed by atoms with E-state index in [2.05, 4.69) is 22.4 Å². The van der Waals surface area contributed by atoms with E-state index in [1.54, 1.807) is 7.11 Å². The molecule has 1 aliphatic carbocycles. The summed E-state index contributed by atoms with van der Waals surface area (Å²) in [7, 11) is 1.77. The highest BCUT2D eigenvalue weighted by atomic mass is 32.1. The molecule has 0 radical (unpaired) electrons. The molecule has 1 aromatic heterocycles. The lowest BCUT2D eigenvalue weighted by Crippen LogP contribution is -2.29. The molecular weight excluding hydrogens is 250 g/mol. The van der Waals surface area contributed by atoms with Gasteiger partial charge in [0.25, 0.3) is 5.19 Å². The molecular formula is C12H21N3O2S. The summed E-state index contributed by atoms with van der Waals surface area (Å²) in [5.74, 6) is 0. The van der Waals surface area contributed by atoms with Gasteiger partial charge in [0.15, 0.2) is 0 Å². The third-order valence-electron chi connectivity index (χ3n) is 3.15. The molecule has 1 aromatic rings. The van der Waals surface area contributed by atoms with Crippen molar-refractivity contribution in [3.63, 3.8) is 0 Å². The fraction of sp³-hybridized carbons (Fsp3) is 0.833. The monoisotopic (exact) mass is 271 g/mol. The first-order chi connectivity index (χ1) is 8.81. The molecule has 0 aliphatic heterocycles. The Labute approximate surface area is 112 Å². The minimum Gasteiger partial charge on any atom is -0.466 e. The number of nitrogens with zero attached hydrogens (tertiary/aromatic N) is 2. The lowest BCUT2D eigenvalue weighted by Gasteiger charge is -2.27. The summed E-state index contributed by atoms with van der Waals surface area (Å²) in [5.41, 5.74) is 0. The number of hydrogen-bond acceptors (Lipinski definition) is 6. The second-order valence-electron chi connectivity index (χ2n) is 4.51. The lowest BCUT2D eigenvalue weighted by molar-refractivity contribution is 0.0207. The van der Waals surface area contributed by atoms with Crippen LogP contribution >= 0.6 is 11.3 Å². The van der Waals surface area contributed by atoms with Crippen LogP contribution in [-0.4, -0.2) is 36.1 Å². The second kappa shape index (κ2) is 7.01. The van der Waals surface area contributed by atoms with Crippen molar-refractivity contribution < 1.29 is 9.47 Å². The van der Waals surface area contributed by atoms with E-state index in [0.29, 0.717) is 11.3 Å². The van der Waals surface area contributed by atoms with Crippen LogP contribution in [0, 0.1) is 0 Å². The van der Waals surface area contributed by atoms with Crippen molar-refractivity contribution >= 4 is 11.3 Å². The molecule has 6 heteroatoms. The van der Waals surface area contributed by atoms with Gasteiger partial charge in [0.05, 0.1) is 6.10 Å². The maximum Gasteiger partial charge on any atom is 0.294 e. The molecule has 1 N–H and O–H groups in total. The van der Waals surface area contributed by atoms with Gasteiger partial charge in [-0.3, -0.25) is 0 Å². The molecule has 1 fully saturated rings. The van der Waals surface area contributed by atoms with Gasteiger partial charge >= 0.3 is 0 Å². The van der Waals surface area contributed by atoms with Crippen LogP contribution in [0.1, 0.15) is 37.6 Å². The molecule has 2 atom stereocenters. The summed E-state index contributed by atoms with van der Waals surface area (Å²) in [6, 6.07) is 0. The Bertz CT molecular complexity index is 359. The van der Waals surface area contributed by atoms with Crippen LogP contribution in [-0.2, 0) is 11.3 Å². The van der Waals surface area contributed by atoms with Gasteiger partial charge in [-0.1, -0.05) is 23.4 Å². The number of ether oxygens (including phenoxy) is 2. The molecule has 1 saturated carbocycles. The molecule has 2 unspecified atom stereocenters. The third-order valence-corrected chi connectivity index (χ3v) is 3.97. The van der Waals surface area contributed by atoms with Gasteiger partial charge in [-0.05, 0) is 25.8 Å². The summed E-state index contributed by atoms with van der Waals surface area (Å²) in [6.45, 7) is 3.78. The summed E-state index contributed by atoms with van der Waals surface area (Å²) in [6.07, 6.45) is 4.90. The summed E-state index contributed by atoms with van der Waals surface area (Å²) in [5, 5.41) is 13.1.